The van der Waals surface area contributed by atoms with Gasteiger partial charge in [-0.15, -0.1) is 0 Å². The van der Waals surface area contributed by atoms with E-state index in [-0.39, 0.29) is 6.17 Å². The molecule has 3 heterocycles. The monoisotopic (exact) mass is 329 g/mol. The molecule has 0 aliphatic carbocycles. The van der Waals surface area contributed by atoms with Crippen molar-refractivity contribution in [1.29, 1.82) is 0 Å². The lowest BCUT2D eigenvalue weighted by molar-refractivity contribution is 0.626. The quantitative estimate of drug-likeness (QED) is 0.592. The third kappa shape index (κ3) is 2.17. The van der Waals surface area contributed by atoms with Crippen LogP contribution in [0, 0.1) is 0 Å². The van der Waals surface area contributed by atoms with Crippen molar-refractivity contribution in [3.8, 4) is 5.69 Å². The molecule has 1 aliphatic rings. The summed E-state index contributed by atoms with van der Waals surface area (Å²) in [6.45, 7) is 0. The molecular weight excluding hydrogens is 314 g/mol. The molecule has 0 bridgehead atoms. The highest BCUT2D eigenvalue weighted by Gasteiger charge is 2.26. The molecule has 0 saturated carbocycles. The Hall–Kier alpha value is -3.61. The molecular formula is C18H15N7. The molecule has 0 radical (unpaired) electrons. The van der Waals surface area contributed by atoms with Crippen LogP contribution < -0.4 is 11.1 Å². The van der Waals surface area contributed by atoms with Gasteiger partial charge in [0, 0.05) is 11.8 Å². The maximum atomic E-state index is 5.98. The van der Waals surface area contributed by atoms with E-state index in [0.717, 1.165) is 22.3 Å². The number of nitrogens with two attached hydrogens (primary N) is 1. The molecule has 7 heteroatoms. The summed E-state index contributed by atoms with van der Waals surface area (Å²) in [5, 5.41) is 7.52. The molecule has 1 atom stereocenters. The van der Waals surface area contributed by atoms with Crippen LogP contribution in [0.15, 0.2) is 72.0 Å². The number of nitrogens with zero attached hydrogens (tertiary/aromatic N) is 5. The number of anilines is 1. The first-order chi connectivity index (χ1) is 12.3. The van der Waals surface area contributed by atoms with Crippen LogP contribution in [0.25, 0.3) is 16.7 Å². The number of aliphatic imine (C=N–C) groups is 1. The van der Waals surface area contributed by atoms with Crippen molar-refractivity contribution in [1.82, 2.24) is 19.3 Å². The van der Waals surface area contributed by atoms with E-state index in [0.29, 0.717) is 11.9 Å². The predicted octanol–water partition coefficient (Wildman–Crippen LogP) is 2.51. The van der Waals surface area contributed by atoms with Crippen molar-refractivity contribution < 1.29 is 0 Å². The van der Waals surface area contributed by atoms with Crippen molar-refractivity contribution in [3.63, 3.8) is 0 Å². The summed E-state index contributed by atoms with van der Waals surface area (Å²) in [7, 11) is 0. The second-order valence-electron chi connectivity index (χ2n) is 5.86. The van der Waals surface area contributed by atoms with Gasteiger partial charge in [0.05, 0.1) is 22.9 Å². The molecule has 0 amide bonds. The SMILES string of the molecule is NC1=NC(c2cnn(-c3ccccc3)c2)n2c(nc3ccccc32)N1. The number of guanidine groups is 1. The van der Waals surface area contributed by atoms with E-state index < -0.39 is 0 Å². The fraction of sp³-hybridized carbons (Fsp3) is 0.0556. The molecule has 7 nitrogen and oxygen atoms in total. The summed E-state index contributed by atoms with van der Waals surface area (Å²) >= 11 is 0. The van der Waals surface area contributed by atoms with Gasteiger partial charge in [0.15, 0.2) is 12.1 Å². The van der Waals surface area contributed by atoms with Crippen LogP contribution in [-0.4, -0.2) is 25.3 Å². The number of aromatic nitrogens is 4. The molecule has 1 unspecified atom stereocenters. The zero-order valence-corrected chi connectivity index (χ0v) is 13.2. The Balaban J connectivity index is 1.65. The van der Waals surface area contributed by atoms with Gasteiger partial charge in [0.1, 0.15) is 0 Å². The average molecular weight is 329 g/mol. The zero-order chi connectivity index (χ0) is 16.8. The van der Waals surface area contributed by atoms with Crippen LogP contribution in [0.2, 0.25) is 0 Å². The van der Waals surface area contributed by atoms with E-state index in [2.05, 4.69) is 20.4 Å². The van der Waals surface area contributed by atoms with Gasteiger partial charge in [-0.3, -0.25) is 9.88 Å². The summed E-state index contributed by atoms with van der Waals surface area (Å²) in [5.41, 5.74) is 9.81. The highest BCUT2D eigenvalue weighted by Crippen LogP contribution is 2.32. The van der Waals surface area contributed by atoms with Crippen LogP contribution in [0.3, 0.4) is 0 Å². The highest BCUT2D eigenvalue weighted by atomic mass is 15.4. The number of benzene rings is 2. The molecule has 4 aromatic rings. The van der Waals surface area contributed by atoms with E-state index in [1.54, 1.807) is 0 Å². The number of fused-ring (bicyclic) bond motifs is 3. The summed E-state index contributed by atoms with van der Waals surface area (Å²) in [6.07, 6.45) is 3.49. The van der Waals surface area contributed by atoms with Crippen molar-refractivity contribution in [2.24, 2.45) is 10.7 Å². The van der Waals surface area contributed by atoms with Crippen molar-refractivity contribution in [3.05, 3.63) is 72.6 Å². The van der Waals surface area contributed by atoms with Crippen molar-refractivity contribution >= 4 is 22.9 Å². The smallest absolute Gasteiger partial charge is 0.212 e. The molecule has 122 valence electrons. The lowest BCUT2D eigenvalue weighted by Gasteiger charge is -2.22. The van der Waals surface area contributed by atoms with Crippen LogP contribution in [-0.2, 0) is 0 Å². The summed E-state index contributed by atoms with van der Waals surface area (Å²) in [6, 6.07) is 17.9. The molecule has 3 N–H and O–H groups in total. The fourth-order valence-corrected chi connectivity index (χ4v) is 3.13. The Bertz CT molecular complexity index is 1090. The molecule has 5 rings (SSSR count). The zero-order valence-electron chi connectivity index (χ0n) is 13.2. The Morgan fingerprint density at radius 2 is 1.80 bits per heavy atom. The lowest BCUT2D eigenvalue weighted by Crippen LogP contribution is -2.31. The summed E-state index contributed by atoms with van der Waals surface area (Å²) in [4.78, 5) is 9.18. The van der Waals surface area contributed by atoms with Gasteiger partial charge < -0.3 is 5.73 Å². The van der Waals surface area contributed by atoms with Crippen LogP contribution in [0.1, 0.15) is 11.7 Å². The van der Waals surface area contributed by atoms with E-state index in [1.807, 2.05) is 76.2 Å². The van der Waals surface area contributed by atoms with E-state index in [4.69, 9.17) is 5.73 Å². The van der Waals surface area contributed by atoms with Crippen LogP contribution in [0.4, 0.5) is 5.95 Å². The number of nitrogens with one attached hydrogen (secondary N) is 1. The molecule has 1 aliphatic heterocycles. The molecule has 0 saturated heterocycles. The van der Waals surface area contributed by atoms with Gasteiger partial charge in [0.25, 0.3) is 0 Å². The minimum atomic E-state index is -0.305. The van der Waals surface area contributed by atoms with Crippen molar-refractivity contribution in [2.75, 3.05) is 5.32 Å². The standard InChI is InChI=1S/C18H15N7/c19-17-22-16(12-10-20-24(11-12)13-6-2-1-3-7-13)25-15-9-5-4-8-14(15)21-18(25)23-17/h1-11,16H,(H3,19,21,22,23). The highest BCUT2D eigenvalue weighted by molar-refractivity contribution is 5.94. The maximum absolute atomic E-state index is 5.98. The minimum Gasteiger partial charge on any atom is -0.370 e. The van der Waals surface area contributed by atoms with E-state index in [1.165, 1.54) is 0 Å². The second kappa shape index (κ2) is 5.20. The van der Waals surface area contributed by atoms with Gasteiger partial charge in [-0.25, -0.2) is 14.7 Å². The van der Waals surface area contributed by atoms with Gasteiger partial charge in [0.2, 0.25) is 5.95 Å². The average Bonchev–Trinajstić information content (AvgIpc) is 3.26. The molecule has 25 heavy (non-hydrogen) atoms. The normalized spacial score (nSPS) is 16.3. The minimum absolute atomic E-state index is 0.305. The van der Waals surface area contributed by atoms with E-state index in [9.17, 15) is 0 Å². The fourth-order valence-electron chi connectivity index (χ4n) is 3.13. The second-order valence-corrected chi connectivity index (χ2v) is 5.86. The number of hydrogen-bond donors (Lipinski definition) is 2. The molecule has 2 aromatic carbocycles. The number of para-hydroxylation sites is 3. The van der Waals surface area contributed by atoms with Gasteiger partial charge in [-0.2, -0.15) is 5.10 Å². The summed E-state index contributed by atoms with van der Waals surface area (Å²) in [5.74, 6) is 1.03. The van der Waals surface area contributed by atoms with Crippen molar-refractivity contribution in [2.45, 2.75) is 6.17 Å². The Kier molecular flexibility index (Phi) is 2.87. The molecule has 0 spiro atoms. The Labute approximate surface area is 143 Å². The number of hydrogen-bond acceptors (Lipinski definition) is 5. The van der Waals surface area contributed by atoms with E-state index >= 15 is 0 Å². The first-order valence-electron chi connectivity index (χ1n) is 7.97. The Morgan fingerprint density at radius 3 is 2.68 bits per heavy atom. The van der Waals surface area contributed by atoms with Gasteiger partial charge >= 0.3 is 0 Å². The Morgan fingerprint density at radius 1 is 1.00 bits per heavy atom. The molecule has 2 aromatic heterocycles. The first-order valence-corrected chi connectivity index (χ1v) is 7.97. The lowest BCUT2D eigenvalue weighted by atomic mass is 10.2. The predicted molar refractivity (Wildman–Crippen MR) is 96.7 cm³/mol. The van der Waals surface area contributed by atoms with Crippen LogP contribution in [0.5, 0.6) is 0 Å². The molecule has 0 fully saturated rings. The summed E-state index contributed by atoms with van der Waals surface area (Å²) < 4.78 is 3.87. The topological polar surface area (TPSA) is 86.0 Å². The van der Waals surface area contributed by atoms with Gasteiger partial charge in [-0.05, 0) is 24.3 Å². The largest absolute Gasteiger partial charge is 0.370 e. The third-order valence-corrected chi connectivity index (χ3v) is 4.26. The van der Waals surface area contributed by atoms with Crippen LogP contribution >= 0.6 is 0 Å². The number of rotatable bonds is 2. The maximum Gasteiger partial charge on any atom is 0.212 e. The number of imidazole rings is 1. The first kappa shape index (κ1) is 13.8. The third-order valence-electron chi connectivity index (χ3n) is 4.26. The van der Waals surface area contributed by atoms with Gasteiger partial charge in [-0.1, -0.05) is 30.3 Å².